The Morgan fingerprint density at radius 1 is 1.33 bits per heavy atom. The molecule has 1 saturated carbocycles. The Morgan fingerprint density at radius 3 is 2.67 bits per heavy atom. The molecule has 4 heteroatoms. The van der Waals surface area contributed by atoms with Gasteiger partial charge in [0, 0.05) is 6.54 Å². The molecule has 1 heterocycles. The average molecular weight is 208 g/mol. The predicted octanol–water partition coefficient (Wildman–Crippen LogP) is 1.80. The molecular weight excluding hydrogens is 188 g/mol. The number of rotatable bonds is 3. The van der Waals surface area contributed by atoms with Crippen LogP contribution in [0.2, 0.25) is 0 Å². The minimum atomic E-state index is 0.510. The van der Waals surface area contributed by atoms with Crippen molar-refractivity contribution in [1.29, 1.82) is 0 Å². The van der Waals surface area contributed by atoms with E-state index in [2.05, 4.69) is 21.9 Å². The van der Waals surface area contributed by atoms with Crippen LogP contribution in [0.1, 0.15) is 56.5 Å². The van der Waals surface area contributed by atoms with Crippen LogP contribution in [0.15, 0.2) is 0 Å². The van der Waals surface area contributed by atoms with Gasteiger partial charge in [0.05, 0.1) is 17.4 Å². The molecule has 0 unspecified atom stereocenters. The van der Waals surface area contributed by atoms with Crippen LogP contribution in [0.25, 0.3) is 0 Å². The SMILES string of the molecule is CCc1c(CN)nnn1C1CCCCC1. The molecule has 0 aromatic carbocycles. The Labute approximate surface area is 90.8 Å². The molecule has 2 rings (SSSR count). The summed E-state index contributed by atoms with van der Waals surface area (Å²) in [6, 6.07) is 0.571. The summed E-state index contributed by atoms with van der Waals surface area (Å²) in [7, 11) is 0. The summed E-state index contributed by atoms with van der Waals surface area (Å²) in [6.07, 6.45) is 7.50. The molecule has 0 amide bonds. The Morgan fingerprint density at radius 2 is 2.07 bits per heavy atom. The third-order valence-electron chi connectivity index (χ3n) is 3.32. The lowest BCUT2D eigenvalue weighted by Gasteiger charge is -2.23. The Balaban J connectivity index is 2.22. The summed E-state index contributed by atoms with van der Waals surface area (Å²) < 4.78 is 2.13. The average Bonchev–Trinajstić information content (AvgIpc) is 2.72. The number of hydrogen-bond donors (Lipinski definition) is 1. The van der Waals surface area contributed by atoms with Crippen LogP contribution in [-0.4, -0.2) is 15.0 Å². The molecule has 1 aromatic rings. The maximum Gasteiger partial charge on any atom is 0.0994 e. The van der Waals surface area contributed by atoms with Gasteiger partial charge < -0.3 is 5.73 Å². The van der Waals surface area contributed by atoms with E-state index < -0.39 is 0 Å². The van der Waals surface area contributed by atoms with Crippen LogP contribution in [0.5, 0.6) is 0 Å². The van der Waals surface area contributed by atoms with Gasteiger partial charge in [-0.25, -0.2) is 4.68 Å². The lowest BCUT2D eigenvalue weighted by Crippen LogP contribution is -2.17. The first-order chi connectivity index (χ1) is 7.36. The Kier molecular flexibility index (Phi) is 3.36. The summed E-state index contributed by atoms with van der Waals surface area (Å²) in [4.78, 5) is 0. The lowest BCUT2D eigenvalue weighted by atomic mass is 9.95. The van der Waals surface area contributed by atoms with E-state index in [4.69, 9.17) is 5.73 Å². The summed E-state index contributed by atoms with van der Waals surface area (Å²) in [5.74, 6) is 0. The topological polar surface area (TPSA) is 56.7 Å². The highest BCUT2D eigenvalue weighted by Gasteiger charge is 2.20. The zero-order valence-electron chi connectivity index (χ0n) is 9.45. The molecule has 1 aromatic heterocycles. The molecule has 0 atom stereocenters. The first-order valence-electron chi connectivity index (χ1n) is 5.99. The minimum absolute atomic E-state index is 0.510. The van der Waals surface area contributed by atoms with Gasteiger partial charge in [0.15, 0.2) is 0 Å². The lowest BCUT2D eigenvalue weighted by molar-refractivity contribution is 0.317. The van der Waals surface area contributed by atoms with Gasteiger partial charge in [-0.2, -0.15) is 0 Å². The van der Waals surface area contributed by atoms with Crippen molar-refractivity contribution < 1.29 is 0 Å². The van der Waals surface area contributed by atoms with E-state index >= 15 is 0 Å². The van der Waals surface area contributed by atoms with Gasteiger partial charge in [-0.05, 0) is 19.3 Å². The highest BCUT2D eigenvalue weighted by molar-refractivity contribution is 5.10. The van der Waals surface area contributed by atoms with Crippen molar-refractivity contribution >= 4 is 0 Å². The van der Waals surface area contributed by atoms with Crippen LogP contribution >= 0.6 is 0 Å². The van der Waals surface area contributed by atoms with Gasteiger partial charge in [-0.15, -0.1) is 5.10 Å². The second kappa shape index (κ2) is 4.75. The van der Waals surface area contributed by atoms with Crippen LogP contribution in [-0.2, 0) is 13.0 Å². The molecule has 0 bridgehead atoms. The highest BCUT2D eigenvalue weighted by Crippen LogP contribution is 2.28. The fourth-order valence-corrected chi connectivity index (χ4v) is 2.49. The van der Waals surface area contributed by atoms with Crippen LogP contribution < -0.4 is 5.73 Å². The number of aromatic nitrogens is 3. The van der Waals surface area contributed by atoms with Gasteiger partial charge in [0.1, 0.15) is 0 Å². The zero-order chi connectivity index (χ0) is 10.7. The van der Waals surface area contributed by atoms with E-state index in [1.54, 1.807) is 0 Å². The fraction of sp³-hybridized carbons (Fsp3) is 0.818. The Bertz CT molecular complexity index is 312. The van der Waals surface area contributed by atoms with Crippen molar-refractivity contribution in [2.45, 2.75) is 58.0 Å². The monoisotopic (exact) mass is 208 g/mol. The number of hydrogen-bond acceptors (Lipinski definition) is 3. The van der Waals surface area contributed by atoms with Gasteiger partial charge in [-0.1, -0.05) is 31.4 Å². The largest absolute Gasteiger partial charge is 0.325 e. The van der Waals surface area contributed by atoms with Gasteiger partial charge in [-0.3, -0.25) is 0 Å². The summed E-state index contributed by atoms with van der Waals surface area (Å²) >= 11 is 0. The predicted molar refractivity (Wildman–Crippen MR) is 59.4 cm³/mol. The van der Waals surface area contributed by atoms with E-state index in [0.29, 0.717) is 12.6 Å². The minimum Gasteiger partial charge on any atom is -0.325 e. The van der Waals surface area contributed by atoms with Crippen molar-refractivity contribution in [2.24, 2.45) is 5.73 Å². The van der Waals surface area contributed by atoms with Gasteiger partial charge in [0.25, 0.3) is 0 Å². The molecule has 2 N–H and O–H groups in total. The van der Waals surface area contributed by atoms with Gasteiger partial charge in [0.2, 0.25) is 0 Å². The highest BCUT2D eigenvalue weighted by atomic mass is 15.4. The normalized spacial score (nSPS) is 18.3. The van der Waals surface area contributed by atoms with Gasteiger partial charge >= 0.3 is 0 Å². The van der Waals surface area contributed by atoms with Crippen molar-refractivity contribution in [3.63, 3.8) is 0 Å². The van der Waals surface area contributed by atoms with Crippen LogP contribution in [0.3, 0.4) is 0 Å². The number of nitrogens with two attached hydrogens (primary N) is 1. The zero-order valence-corrected chi connectivity index (χ0v) is 9.45. The molecule has 0 saturated heterocycles. The summed E-state index contributed by atoms with van der Waals surface area (Å²) in [6.45, 7) is 2.66. The fourth-order valence-electron chi connectivity index (χ4n) is 2.49. The number of nitrogens with zero attached hydrogens (tertiary/aromatic N) is 3. The van der Waals surface area contributed by atoms with E-state index in [0.717, 1.165) is 12.1 Å². The van der Waals surface area contributed by atoms with Crippen LogP contribution in [0, 0.1) is 0 Å². The molecule has 0 radical (unpaired) electrons. The van der Waals surface area contributed by atoms with Crippen LogP contribution in [0.4, 0.5) is 0 Å². The molecule has 15 heavy (non-hydrogen) atoms. The van der Waals surface area contributed by atoms with E-state index in [1.807, 2.05) is 0 Å². The third-order valence-corrected chi connectivity index (χ3v) is 3.32. The van der Waals surface area contributed by atoms with E-state index in [-0.39, 0.29) is 0 Å². The summed E-state index contributed by atoms with van der Waals surface area (Å²) in [5, 5.41) is 8.44. The van der Waals surface area contributed by atoms with E-state index in [9.17, 15) is 0 Å². The molecule has 1 fully saturated rings. The first-order valence-corrected chi connectivity index (χ1v) is 5.99. The molecule has 0 spiro atoms. The standard InChI is InChI=1S/C11H20N4/c1-2-11-10(8-12)13-14-15(11)9-6-4-3-5-7-9/h9H,2-8,12H2,1H3. The molecule has 4 nitrogen and oxygen atoms in total. The molecule has 1 aliphatic rings. The quantitative estimate of drug-likeness (QED) is 0.824. The maximum absolute atomic E-state index is 5.65. The van der Waals surface area contributed by atoms with Crippen molar-refractivity contribution in [3.05, 3.63) is 11.4 Å². The Hall–Kier alpha value is -0.900. The molecule has 0 aliphatic heterocycles. The smallest absolute Gasteiger partial charge is 0.0994 e. The van der Waals surface area contributed by atoms with E-state index in [1.165, 1.54) is 37.8 Å². The maximum atomic E-state index is 5.65. The molecular formula is C11H20N4. The second-order valence-electron chi connectivity index (χ2n) is 4.28. The third kappa shape index (κ3) is 2.04. The molecule has 84 valence electrons. The summed E-state index contributed by atoms with van der Waals surface area (Å²) in [5.41, 5.74) is 7.87. The first kappa shape index (κ1) is 10.6. The molecule has 1 aliphatic carbocycles. The van der Waals surface area contributed by atoms with Crippen molar-refractivity contribution in [3.8, 4) is 0 Å². The van der Waals surface area contributed by atoms with Crippen molar-refractivity contribution in [1.82, 2.24) is 15.0 Å². The second-order valence-corrected chi connectivity index (χ2v) is 4.28. The van der Waals surface area contributed by atoms with Crippen molar-refractivity contribution in [2.75, 3.05) is 0 Å².